The maximum atomic E-state index is 12.6. The Morgan fingerprint density at radius 2 is 1.79 bits per heavy atom. The Hall–Kier alpha value is -2.67. The lowest BCUT2D eigenvalue weighted by molar-refractivity contribution is -0.0493. The molecular formula is C22H27F2N3O2. The number of rotatable bonds is 7. The quantitative estimate of drug-likeness (QED) is 0.691. The second kappa shape index (κ2) is 10.2. The minimum absolute atomic E-state index is 0.0550. The fourth-order valence-corrected chi connectivity index (χ4v) is 3.57. The zero-order chi connectivity index (χ0) is 20.6. The van der Waals surface area contributed by atoms with Crippen molar-refractivity contribution in [2.45, 2.75) is 45.9 Å². The van der Waals surface area contributed by atoms with Crippen LogP contribution < -0.4 is 15.4 Å². The summed E-state index contributed by atoms with van der Waals surface area (Å²) in [7, 11) is 0. The Balaban J connectivity index is 1.62. The summed E-state index contributed by atoms with van der Waals surface area (Å²) in [5, 5.41) is 5.46. The third-order valence-electron chi connectivity index (χ3n) is 5.09. The van der Waals surface area contributed by atoms with Crippen molar-refractivity contribution >= 4 is 11.7 Å². The highest BCUT2D eigenvalue weighted by Crippen LogP contribution is 2.29. The monoisotopic (exact) mass is 403 g/mol. The largest absolute Gasteiger partial charge is 0.433 e. The first-order valence-corrected chi connectivity index (χ1v) is 9.91. The van der Waals surface area contributed by atoms with E-state index in [4.69, 9.17) is 0 Å². The maximum absolute atomic E-state index is 12.6. The van der Waals surface area contributed by atoms with Crippen molar-refractivity contribution in [2.24, 2.45) is 0 Å². The summed E-state index contributed by atoms with van der Waals surface area (Å²) >= 11 is 0. The maximum Gasteiger partial charge on any atom is 0.387 e. The van der Waals surface area contributed by atoms with Gasteiger partial charge in [0.2, 0.25) is 0 Å². The second-order valence-corrected chi connectivity index (χ2v) is 7.24. The number of likely N-dealkylation sites (tertiary alicyclic amines) is 1. The van der Waals surface area contributed by atoms with Crippen LogP contribution in [0.4, 0.5) is 19.3 Å². The van der Waals surface area contributed by atoms with E-state index in [1.165, 1.54) is 30.9 Å². The first kappa shape index (κ1) is 21.0. The molecule has 29 heavy (non-hydrogen) atoms. The van der Waals surface area contributed by atoms with Crippen molar-refractivity contribution in [3.8, 4) is 5.75 Å². The normalized spacial score (nSPS) is 14.6. The highest BCUT2D eigenvalue weighted by molar-refractivity contribution is 5.91. The number of amides is 2. The van der Waals surface area contributed by atoms with Crippen LogP contribution in [0.3, 0.4) is 0 Å². The molecule has 1 fully saturated rings. The average molecular weight is 403 g/mol. The van der Waals surface area contributed by atoms with Crippen molar-refractivity contribution in [2.75, 3.05) is 18.4 Å². The van der Waals surface area contributed by atoms with E-state index >= 15 is 0 Å². The molecule has 156 valence electrons. The van der Waals surface area contributed by atoms with Crippen molar-refractivity contribution in [3.63, 3.8) is 0 Å². The van der Waals surface area contributed by atoms with E-state index in [1.807, 2.05) is 18.2 Å². The summed E-state index contributed by atoms with van der Waals surface area (Å²) in [5.41, 5.74) is 3.12. The van der Waals surface area contributed by atoms with Crippen molar-refractivity contribution in [1.29, 1.82) is 0 Å². The van der Waals surface area contributed by atoms with E-state index in [0.29, 0.717) is 12.1 Å². The number of piperidine rings is 1. The number of para-hydroxylation sites is 1. The summed E-state index contributed by atoms with van der Waals surface area (Å²) in [5.74, 6) is -0.0550. The molecule has 0 bridgehead atoms. The lowest BCUT2D eigenvalue weighted by atomic mass is 10.0. The lowest BCUT2D eigenvalue weighted by Crippen LogP contribution is -2.31. The topological polar surface area (TPSA) is 53.6 Å². The predicted octanol–water partition coefficient (Wildman–Crippen LogP) is 4.90. The van der Waals surface area contributed by atoms with Crippen molar-refractivity contribution < 1.29 is 18.3 Å². The zero-order valence-corrected chi connectivity index (χ0v) is 16.6. The summed E-state index contributed by atoms with van der Waals surface area (Å²) in [6.07, 6.45) is 3.74. The molecule has 1 aliphatic heterocycles. The Labute approximate surface area is 170 Å². The zero-order valence-electron chi connectivity index (χ0n) is 16.6. The molecule has 5 nitrogen and oxygen atoms in total. The molecule has 7 heteroatoms. The minimum atomic E-state index is -2.96. The van der Waals surface area contributed by atoms with Gasteiger partial charge in [0.25, 0.3) is 0 Å². The smallest absolute Gasteiger partial charge is 0.387 e. The molecule has 0 unspecified atom stereocenters. The van der Waals surface area contributed by atoms with E-state index in [1.54, 1.807) is 19.1 Å². The Kier molecular flexibility index (Phi) is 7.41. The molecule has 0 aromatic heterocycles. The number of anilines is 1. The van der Waals surface area contributed by atoms with Gasteiger partial charge < -0.3 is 15.4 Å². The number of nitrogens with one attached hydrogen (secondary N) is 2. The van der Waals surface area contributed by atoms with Gasteiger partial charge in [-0.15, -0.1) is 0 Å². The van der Waals surface area contributed by atoms with Gasteiger partial charge in [0, 0.05) is 13.1 Å². The Morgan fingerprint density at radius 1 is 1.07 bits per heavy atom. The van der Waals surface area contributed by atoms with Gasteiger partial charge in [-0.1, -0.05) is 42.8 Å². The second-order valence-electron chi connectivity index (χ2n) is 7.24. The SMILES string of the molecule is Cc1cccc(OC(F)F)c1NC(=O)NCc1ccccc1CN1CCCCC1. The molecule has 2 aromatic carbocycles. The molecule has 2 aromatic rings. The number of alkyl halides is 2. The van der Waals surface area contributed by atoms with Gasteiger partial charge in [-0.05, 0) is 55.6 Å². The van der Waals surface area contributed by atoms with Gasteiger partial charge in [0.05, 0.1) is 5.69 Å². The van der Waals surface area contributed by atoms with Crippen LogP contribution in [0.5, 0.6) is 5.75 Å². The van der Waals surface area contributed by atoms with Crippen LogP contribution in [0, 0.1) is 6.92 Å². The predicted molar refractivity (Wildman–Crippen MR) is 109 cm³/mol. The number of aryl methyl sites for hydroxylation is 1. The van der Waals surface area contributed by atoms with Crippen LogP contribution in [0.2, 0.25) is 0 Å². The summed E-state index contributed by atoms with van der Waals surface area (Å²) in [6.45, 7) is 2.19. The fraction of sp³-hybridized carbons (Fsp3) is 0.409. The van der Waals surface area contributed by atoms with Crippen molar-refractivity contribution in [3.05, 3.63) is 59.2 Å². The number of hydrogen-bond acceptors (Lipinski definition) is 3. The molecule has 0 radical (unpaired) electrons. The van der Waals surface area contributed by atoms with E-state index in [0.717, 1.165) is 25.2 Å². The summed E-state index contributed by atoms with van der Waals surface area (Å²) in [4.78, 5) is 14.8. The number of urea groups is 1. The molecule has 1 saturated heterocycles. The van der Waals surface area contributed by atoms with Gasteiger partial charge in [-0.25, -0.2) is 4.79 Å². The Morgan fingerprint density at radius 3 is 2.52 bits per heavy atom. The van der Waals surface area contributed by atoms with Crippen LogP contribution in [-0.4, -0.2) is 30.6 Å². The van der Waals surface area contributed by atoms with Gasteiger partial charge in [-0.2, -0.15) is 8.78 Å². The molecule has 0 aliphatic carbocycles. The van der Waals surface area contributed by atoms with Crippen LogP contribution in [0.15, 0.2) is 42.5 Å². The number of ether oxygens (including phenoxy) is 1. The molecule has 0 spiro atoms. The van der Waals surface area contributed by atoms with Crippen LogP contribution in [0.25, 0.3) is 0 Å². The number of hydrogen-bond donors (Lipinski definition) is 2. The third kappa shape index (κ3) is 6.15. The van der Waals surface area contributed by atoms with Crippen LogP contribution >= 0.6 is 0 Å². The number of carbonyl (C=O) groups is 1. The molecule has 1 aliphatic rings. The van der Waals surface area contributed by atoms with E-state index in [-0.39, 0.29) is 11.4 Å². The van der Waals surface area contributed by atoms with Crippen LogP contribution in [-0.2, 0) is 13.1 Å². The third-order valence-corrected chi connectivity index (χ3v) is 5.09. The van der Waals surface area contributed by atoms with Gasteiger partial charge >= 0.3 is 12.6 Å². The highest BCUT2D eigenvalue weighted by atomic mass is 19.3. The van der Waals surface area contributed by atoms with Crippen molar-refractivity contribution in [1.82, 2.24) is 10.2 Å². The first-order chi connectivity index (χ1) is 14.0. The molecule has 2 amide bonds. The van der Waals surface area contributed by atoms with Gasteiger partial charge in [-0.3, -0.25) is 4.90 Å². The molecule has 1 heterocycles. The molecule has 2 N–H and O–H groups in total. The first-order valence-electron chi connectivity index (χ1n) is 9.91. The van der Waals surface area contributed by atoms with Gasteiger partial charge in [0.1, 0.15) is 5.75 Å². The lowest BCUT2D eigenvalue weighted by Gasteiger charge is -2.27. The van der Waals surface area contributed by atoms with E-state index < -0.39 is 12.6 Å². The molecule has 0 atom stereocenters. The highest BCUT2D eigenvalue weighted by Gasteiger charge is 2.15. The van der Waals surface area contributed by atoms with E-state index in [9.17, 15) is 13.6 Å². The Bertz CT molecular complexity index is 823. The molecule has 3 rings (SSSR count). The number of nitrogens with zero attached hydrogens (tertiary/aromatic N) is 1. The standard InChI is InChI=1S/C22H27F2N3O2/c1-16-8-7-11-19(29-21(23)24)20(16)26-22(28)25-14-17-9-3-4-10-18(17)15-27-12-5-2-6-13-27/h3-4,7-11,21H,2,5-6,12-15H2,1H3,(H2,25,26,28). The minimum Gasteiger partial charge on any atom is -0.433 e. The summed E-state index contributed by atoms with van der Waals surface area (Å²) < 4.78 is 29.8. The number of halogens is 2. The van der Waals surface area contributed by atoms with Gasteiger partial charge in [0.15, 0.2) is 0 Å². The number of benzene rings is 2. The average Bonchev–Trinajstić information content (AvgIpc) is 2.70. The molecular weight excluding hydrogens is 376 g/mol. The molecule has 0 saturated carbocycles. The number of carbonyl (C=O) groups excluding carboxylic acids is 1. The fourth-order valence-electron chi connectivity index (χ4n) is 3.57. The summed E-state index contributed by atoms with van der Waals surface area (Å²) in [6, 6.07) is 12.3. The van der Waals surface area contributed by atoms with E-state index in [2.05, 4.69) is 26.3 Å². The van der Waals surface area contributed by atoms with Crippen LogP contribution in [0.1, 0.15) is 36.0 Å².